The number of esters is 6. The lowest BCUT2D eigenvalue weighted by atomic mass is 9.33. The lowest BCUT2D eigenvalue weighted by Crippen LogP contribution is -2.95. The Labute approximate surface area is 304 Å². The van der Waals surface area contributed by atoms with Crippen LogP contribution in [0.2, 0.25) is 0 Å². The predicted molar refractivity (Wildman–Crippen MR) is 170 cm³/mol. The van der Waals surface area contributed by atoms with Crippen LogP contribution in [-0.4, -0.2) is 90.1 Å². The van der Waals surface area contributed by atoms with E-state index in [0.29, 0.717) is 12.0 Å². The van der Waals surface area contributed by atoms with Crippen LogP contribution in [0.1, 0.15) is 92.2 Å². The highest BCUT2D eigenvalue weighted by Crippen LogP contribution is 2.90. The first-order chi connectivity index (χ1) is 24.8. The molecule has 7 fully saturated rings. The van der Waals surface area contributed by atoms with E-state index in [1.54, 1.807) is 19.9 Å². The molecule has 3 aliphatic heterocycles. The second-order valence-electron chi connectivity index (χ2n) is 16.4. The molecule has 4 heterocycles. The van der Waals surface area contributed by atoms with Crippen molar-refractivity contribution in [2.75, 3.05) is 13.7 Å². The third kappa shape index (κ3) is 3.91. The first-order valence-corrected chi connectivity index (χ1v) is 17.8. The summed E-state index contributed by atoms with van der Waals surface area (Å²) in [6, 6.07) is 1.69. The Morgan fingerprint density at radius 1 is 0.849 bits per heavy atom. The molecule has 4 bridgehead atoms. The van der Waals surface area contributed by atoms with Crippen LogP contribution in [0.4, 0.5) is 0 Å². The van der Waals surface area contributed by atoms with Crippen molar-refractivity contribution in [1.82, 2.24) is 0 Å². The molecule has 1 aromatic heterocycles. The van der Waals surface area contributed by atoms with E-state index in [-0.39, 0.29) is 25.7 Å². The number of carbonyl (C=O) groups excluding carboxylic acids is 6. The normalized spacial score (nSPS) is 47.8. The molecule has 4 saturated carbocycles. The molecule has 13 atom stereocenters. The minimum atomic E-state index is -2.21. The summed E-state index contributed by atoms with van der Waals surface area (Å²) in [6.07, 6.45) is -1.22. The number of furan rings is 1. The maximum Gasteiger partial charge on any atom is 0.306 e. The van der Waals surface area contributed by atoms with Crippen molar-refractivity contribution in [3.8, 4) is 0 Å². The van der Waals surface area contributed by atoms with Crippen molar-refractivity contribution >= 4 is 35.8 Å². The highest BCUT2D eigenvalue weighted by Gasteiger charge is 3.06. The molecule has 16 nitrogen and oxygen atoms in total. The van der Waals surface area contributed by atoms with E-state index in [1.165, 1.54) is 47.3 Å². The molecule has 16 heteroatoms. The number of hydrogen-bond donors (Lipinski definition) is 0. The fraction of sp³-hybridized carbons (Fsp3) is 0.730. The summed E-state index contributed by atoms with van der Waals surface area (Å²) in [5, 5.41) is 0. The second kappa shape index (κ2) is 10.8. The van der Waals surface area contributed by atoms with Gasteiger partial charge >= 0.3 is 35.8 Å². The molecule has 0 N–H and O–H groups in total. The molecule has 0 unspecified atom stereocenters. The maximum atomic E-state index is 13.9. The minimum Gasteiger partial charge on any atom is -0.472 e. The smallest absolute Gasteiger partial charge is 0.306 e. The van der Waals surface area contributed by atoms with Gasteiger partial charge in [-0.25, -0.2) is 0 Å². The molecule has 2 spiro atoms. The van der Waals surface area contributed by atoms with Crippen LogP contribution in [0.15, 0.2) is 23.0 Å². The summed E-state index contributed by atoms with van der Waals surface area (Å²) in [6.45, 7) is 9.58. The number of ether oxygens (including phenoxy) is 9. The quantitative estimate of drug-likeness (QED) is 0.278. The lowest BCUT2D eigenvalue weighted by Gasteiger charge is -2.77. The molecule has 8 rings (SSSR count). The highest BCUT2D eigenvalue weighted by atomic mass is 16.9. The number of hydrogen-bond acceptors (Lipinski definition) is 16. The zero-order valence-corrected chi connectivity index (χ0v) is 30.9. The summed E-state index contributed by atoms with van der Waals surface area (Å²) >= 11 is 0. The summed E-state index contributed by atoms with van der Waals surface area (Å²) in [7, 11) is 1.24. The average Bonchev–Trinajstić information content (AvgIpc) is 3.76. The molecule has 0 aromatic carbocycles. The number of carbonyl (C=O) groups is 6. The second-order valence-corrected chi connectivity index (χ2v) is 16.4. The zero-order chi connectivity index (χ0) is 38.4. The molecule has 3 saturated heterocycles. The van der Waals surface area contributed by atoms with Gasteiger partial charge in [0.05, 0.1) is 31.5 Å². The van der Waals surface area contributed by atoms with Gasteiger partial charge in [-0.05, 0) is 31.2 Å². The number of fused-ring (bicyclic) bond motifs is 3. The minimum absolute atomic E-state index is 0.0479. The van der Waals surface area contributed by atoms with Gasteiger partial charge in [0.1, 0.15) is 29.5 Å². The summed E-state index contributed by atoms with van der Waals surface area (Å²) < 4.78 is 63.5. The Hall–Kier alpha value is -4.02. The monoisotopic (exact) mass is 744 g/mol. The van der Waals surface area contributed by atoms with Crippen molar-refractivity contribution in [1.29, 1.82) is 0 Å². The molecule has 1 aromatic rings. The Kier molecular flexibility index (Phi) is 7.34. The molecular formula is C37H44O16. The largest absolute Gasteiger partial charge is 0.472 e. The predicted octanol–water partition coefficient (Wildman–Crippen LogP) is 2.98. The van der Waals surface area contributed by atoms with Gasteiger partial charge in [-0.2, -0.15) is 0 Å². The standard InChI is InChI=1S/C37H44O16/c1-18(38)46-17-33-23(13-25(42)44-8)31(6)16-35(33)37(50-21(4)41,28(31)47-19(2)39)29(48-20(3)40)36-24-14-26(43)49-27(22-9-12-45-15-22)30(24,5)10-11-34(33,36)51-32(7,52-35)53-36/h9,12,15,23-24,27-29H,10-11,13-14,16-17H2,1-8H3/t23-,24+,27-,28-,29+,30+,31+,32+,33-,34-,35+,36+,37-/m0/s1. The van der Waals surface area contributed by atoms with Crippen LogP contribution >= 0.6 is 0 Å². The van der Waals surface area contributed by atoms with E-state index >= 15 is 0 Å². The van der Waals surface area contributed by atoms with E-state index in [1.807, 2.05) is 6.92 Å². The Balaban J connectivity index is 1.54. The van der Waals surface area contributed by atoms with Gasteiger partial charge in [-0.15, -0.1) is 0 Å². The fourth-order valence-corrected chi connectivity index (χ4v) is 13.0. The van der Waals surface area contributed by atoms with Crippen molar-refractivity contribution in [3.63, 3.8) is 0 Å². The van der Waals surface area contributed by atoms with Crippen molar-refractivity contribution in [2.45, 2.75) is 127 Å². The van der Waals surface area contributed by atoms with Crippen molar-refractivity contribution < 1.29 is 75.8 Å². The van der Waals surface area contributed by atoms with E-state index in [0.717, 1.165) is 0 Å². The van der Waals surface area contributed by atoms with Crippen molar-refractivity contribution in [3.05, 3.63) is 24.2 Å². The van der Waals surface area contributed by atoms with Gasteiger partial charge in [0, 0.05) is 63.4 Å². The zero-order valence-electron chi connectivity index (χ0n) is 30.9. The number of methoxy groups -OCH3 is 1. The Morgan fingerprint density at radius 2 is 1.53 bits per heavy atom. The topological polar surface area (TPSA) is 199 Å². The summed E-state index contributed by atoms with van der Waals surface area (Å²) in [5.74, 6) is -8.14. The highest BCUT2D eigenvalue weighted by molar-refractivity contribution is 5.75. The summed E-state index contributed by atoms with van der Waals surface area (Å²) in [5.41, 5.74) is -11.1. The van der Waals surface area contributed by atoms with Crippen molar-refractivity contribution in [2.24, 2.45) is 28.1 Å². The first-order valence-electron chi connectivity index (χ1n) is 17.8. The summed E-state index contributed by atoms with van der Waals surface area (Å²) in [4.78, 5) is 80.8. The lowest BCUT2D eigenvalue weighted by molar-refractivity contribution is -0.483. The van der Waals surface area contributed by atoms with Gasteiger partial charge in [0.25, 0.3) is 5.97 Å². The third-order valence-corrected chi connectivity index (χ3v) is 13.9. The number of cyclic esters (lactones) is 1. The molecule has 0 radical (unpaired) electrons. The molecular weight excluding hydrogens is 700 g/mol. The molecule has 288 valence electrons. The van der Waals surface area contributed by atoms with E-state index in [2.05, 4.69) is 0 Å². The van der Waals surface area contributed by atoms with Crippen LogP contribution in [0.25, 0.3) is 0 Å². The van der Waals surface area contributed by atoms with Crippen LogP contribution in [0.5, 0.6) is 0 Å². The van der Waals surface area contributed by atoms with Crippen LogP contribution in [0.3, 0.4) is 0 Å². The Morgan fingerprint density at radius 3 is 2.13 bits per heavy atom. The first kappa shape index (κ1) is 36.0. The van der Waals surface area contributed by atoms with Gasteiger partial charge < -0.3 is 47.0 Å². The van der Waals surface area contributed by atoms with E-state index in [4.69, 9.17) is 47.0 Å². The molecule has 0 amide bonds. The molecule has 7 aliphatic rings. The molecule has 53 heavy (non-hydrogen) atoms. The van der Waals surface area contributed by atoms with Crippen LogP contribution in [-0.2, 0) is 71.4 Å². The number of rotatable bonds is 8. The average molecular weight is 745 g/mol. The Bertz CT molecular complexity index is 1820. The van der Waals surface area contributed by atoms with E-state index < -0.39 is 117 Å². The van der Waals surface area contributed by atoms with Crippen LogP contribution in [0, 0.1) is 28.1 Å². The maximum absolute atomic E-state index is 13.9. The molecule has 4 aliphatic carbocycles. The van der Waals surface area contributed by atoms with Gasteiger partial charge in [-0.3, -0.25) is 28.8 Å². The van der Waals surface area contributed by atoms with Gasteiger partial charge in [-0.1, -0.05) is 13.8 Å². The SMILES string of the molecule is COC(=O)C[C@H]1[C@@]2(C)C[C@@]34O[C@]5(C)O[C@]6([C@@H]7CC(=O)O[C@@H](c8ccoc8)[C@]7(C)CC[C@]6(O5)[C@]13COC(C)=O)[C@@H](OC(C)=O)[C@@]4(OC(C)=O)[C@H]2OC(C)=O. The fourth-order valence-electron chi connectivity index (χ4n) is 13.0. The van der Waals surface area contributed by atoms with Gasteiger partial charge in [0.15, 0.2) is 12.2 Å². The van der Waals surface area contributed by atoms with Gasteiger partial charge in [0.2, 0.25) is 5.60 Å². The van der Waals surface area contributed by atoms with E-state index in [9.17, 15) is 28.8 Å². The van der Waals surface area contributed by atoms with Crippen LogP contribution < -0.4 is 0 Å². The third-order valence-electron chi connectivity index (χ3n) is 13.9.